The fourth-order valence-electron chi connectivity index (χ4n) is 3.09. The Kier molecular flexibility index (Phi) is 7.06. The summed E-state index contributed by atoms with van der Waals surface area (Å²) in [6, 6.07) is 7.35. The third-order valence-corrected chi connectivity index (χ3v) is 4.85. The number of carbonyl (C=O) groups is 1. The zero-order valence-electron chi connectivity index (χ0n) is 17.1. The first-order valence-electron chi connectivity index (χ1n) is 9.37. The number of nitrogens with zero attached hydrogens (tertiary/aromatic N) is 4. The summed E-state index contributed by atoms with van der Waals surface area (Å²) in [5.74, 6) is -2.76. The van der Waals surface area contributed by atoms with Crippen molar-refractivity contribution in [2.24, 2.45) is 0 Å². The number of rotatable bonds is 3. The van der Waals surface area contributed by atoms with Crippen LogP contribution in [-0.2, 0) is 17.4 Å². The Balaban J connectivity index is 0.000000429. The van der Waals surface area contributed by atoms with Gasteiger partial charge in [-0.15, -0.1) is 0 Å². The molecule has 0 amide bonds. The number of aromatic amines is 1. The van der Waals surface area contributed by atoms with Crippen molar-refractivity contribution in [1.29, 1.82) is 5.26 Å². The second kappa shape index (κ2) is 9.67. The molecular weight excluding hydrogens is 504 g/mol. The topological polar surface area (TPSA) is 108 Å². The zero-order chi connectivity index (χ0) is 26.0. The zero-order valence-corrected chi connectivity index (χ0v) is 17.9. The van der Waals surface area contributed by atoms with Crippen molar-refractivity contribution in [1.82, 2.24) is 19.7 Å². The third kappa shape index (κ3) is 5.72. The van der Waals surface area contributed by atoms with Gasteiger partial charge in [-0.25, -0.2) is 14.5 Å². The van der Waals surface area contributed by atoms with Crippen LogP contribution in [0.15, 0.2) is 49.1 Å². The van der Waals surface area contributed by atoms with E-state index in [1.165, 1.54) is 4.68 Å². The van der Waals surface area contributed by atoms with E-state index in [0.717, 1.165) is 28.6 Å². The summed E-state index contributed by atoms with van der Waals surface area (Å²) >= 11 is 6.16. The summed E-state index contributed by atoms with van der Waals surface area (Å²) < 4.78 is 72.4. The smallest absolute Gasteiger partial charge is 0.475 e. The molecule has 0 spiro atoms. The van der Waals surface area contributed by atoms with Crippen molar-refractivity contribution in [3.63, 3.8) is 0 Å². The molecule has 0 atom stereocenters. The van der Waals surface area contributed by atoms with Crippen LogP contribution in [0.3, 0.4) is 0 Å². The van der Waals surface area contributed by atoms with Crippen molar-refractivity contribution in [3.05, 3.63) is 65.2 Å². The average Bonchev–Trinajstić information content (AvgIpc) is 3.42. The van der Waals surface area contributed by atoms with Gasteiger partial charge >= 0.3 is 18.3 Å². The van der Waals surface area contributed by atoms with Crippen molar-refractivity contribution < 1.29 is 36.2 Å². The molecule has 0 saturated heterocycles. The summed E-state index contributed by atoms with van der Waals surface area (Å²) in [7, 11) is 0. The Morgan fingerprint density at radius 2 is 1.89 bits per heavy atom. The van der Waals surface area contributed by atoms with E-state index in [0.29, 0.717) is 5.65 Å². The molecule has 4 rings (SSSR count). The molecule has 0 fully saturated rings. The van der Waals surface area contributed by atoms with Gasteiger partial charge in [0.1, 0.15) is 5.65 Å². The number of aliphatic carboxylic acids is 1. The van der Waals surface area contributed by atoms with Crippen molar-refractivity contribution >= 4 is 28.6 Å². The molecule has 7 nitrogen and oxygen atoms in total. The van der Waals surface area contributed by atoms with Crippen LogP contribution < -0.4 is 0 Å². The maximum absolute atomic E-state index is 13.1. The van der Waals surface area contributed by atoms with Gasteiger partial charge in [0, 0.05) is 29.5 Å². The van der Waals surface area contributed by atoms with E-state index in [1.807, 2.05) is 18.2 Å². The Labute approximate surface area is 197 Å². The predicted octanol–water partition coefficient (Wildman–Crippen LogP) is 5.79. The van der Waals surface area contributed by atoms with Gasteiger partial charge in [-0.2, -0.15) is 36.7 Å². The SMILES string of the molecule is N#CCc1cc(C(F)(F)F)cc(Cl)c1-n1cc(-c2ccnc3[nH]ccc23)cn1.O=C(O)C(F)(F)F. The fraction of sp³-hybridized carbons (Fsp3) is 0.143. The fourth-order valence-corrected chi connectivity index (χ4v) is 3.42. The number of H-pyrrole nitrogens is 1. The molecule has 3 aromatic heterocycles. The molecule has 0 unspecified atom stereocenters. The quantitative estimate of drug-likeness (QED) is 0.336. The van der Waals surface area contributed by atoms with Crippen LogP contribution in [0.4, 0.5) is 26.3 Å². The van der Waals surface area contributed by atoms with Crippen LogP contribution in [0.2, 0.25) is 5.02 Å². The highest BCUT2D eigenvalue weighted by Gasteiger charge is 2.38. The van der Waals surface area contributed by atoms with Crippen molar-refractivity contribution in [2.45, 2.75) is 18.8 Å². The monoisotopic (exact) mass is 515 g/mol. The van der Waals surface area contributed by atoms with Crippen LogP contribution >= 0.6 is 11.6 Å². The number of aromatic nitrogens is 4. The Hall–Kier alpha value is -4.05. The lowest BCUT2D eigenvalue weighted by atomic mass is 10.1. The highest BCUT2D eigenvalue weighted by Crippen LogP contribution is 2.36. The van der Waals surface area contributed by atoms with Crippen molar-refractivity contribution in [2.75, 3.05) is 0 Å². The maximum Gasteiger partial charge on any atom is 0.490 e. The van der Waals surface area contributed by atoms with Crippen LogP contribution in [0.25, 0.3) is 27.8 Å². The predicted molar refractivity (Wildman–Crippen MR) is 112 cm³/mol. The molecule has 2 N–H and O–H groups in total. The van der Waals surface area contributed by atoms with E-state index in [1.54, 1.807) is 24.8 Å². The Bertz CT molecular complexity index is 1420. The minimum atomic E-state index is -5.08. The average molecular weight is 516 g/mol. The number of carboxylic acids is 1. The number of pyridine rings is 1. The van der Waals surface area contributed by atoms with Crippen LogP contribution in [-0.4, -0.2) is 37.0 Å². The van der Waals surface area contributed by atoms with Gasteiger partial charge in [0.15, 0.2) is 0 Å². The first-order valence-corrected chi connectivity index (χ1v) is 9.75. The summed E-state index contributed by atoms with van der Waals surface area (Å²) in [5.41, 5.74) is 1.82. The van der Waals surface area contributed by atoms with Gasteiger partial charge in [-0.3, -0.25) is 0 Å². The Morgan fingerprint density at radius 1 is 1.20 bits per heavy atom. The molecule has 4 aromatic rings. The van der Waals surface area contributed by atoms with Gasteiger partial charge in [-0.05, 0) is 35.4 Å². The number of hydrogen-bond donors (Lipinski definition) is 2. The molecule has 0 aliphatic rings. The number of hydrogen-bond acceptors (Lipinski definition) is 4. The van der Waals surface area contributed by atoms with Gasteiger partial charge in [-0.1, -0.05) is 11.6 Å². The highest BCUT2D eigenvalue weighted by atomic mass is 35.5. The van der Waals surface area contributed by atoms with Crippen LogP contribution in [0, 0.1) is 11.3 Å². The summed E-state index contributed by atoms with van der Waals surface area (Å²) in [6.45, 7) is 0. The van der Waals surface area contributed by atoms with Crippen LogP contribution in [0.5, 0.6) is 0 Å². The maximum atomic E-state index is 13.1. The molecule has 0 aliphatic carbocycles. The number of benzene rings is 1. The minimum absolute atomic E-state index is 0.128. The molecule has 0 bridgehead atoms. The second-order valence-electron chi connectivity index (χ2n) is 6.87. The number of halogens is 7. The third-order valence-electron chi connectivity index (χ3n) is 4.56. The number of alkyl halides is 6. The standard InChI is InChI=1S/C19H11ClF3N5.C2HF3O2/c20-16-8-13(19(21,22)23)7-11(1-4-24)17(16)28-10-12(9-27-28)14-2-5-25-18-15(14)3-6-26-18;3-2(4,5)1(6)7/h2-3,5-10H,1H2,(H,25,26);(H,6,7). The summed E-state index contributed by atoms with van der Waals surface area (Å²) in [5, 5.41) is 21.2. The molecule has 3 heterocycles. The number of nitrogens with one attached hydrogen (secondary N) is 1. The van der Waals surface area contributed by atoms with E-state index >= 15 is 0 Å². The van der Waals surface area contributed by atoms with Gasteiger partial charge in [0.2, 0.25) is 0 Å². The van der Waals surface area contributed by atoms with Gasteiger partial charge < -0.3 is 10.1 Å². The van der Waals surface area contributed by atoms with E-state index in [9.17, 15) is 26.3 Å². The lowest BCUT2D eigenvalue weighted by molar-refractivity contribution is -0.192. The molecule has 0 radical (unpaired) electrons. The molecule has 35 heavy (non-hydrogen) atoms. The lowest BCUT2D eigenvalue weighted by Crippen LogP contribution is -2.21. The molecule has 0 aliphatic heterocycles. The highest BCUT2D eigenvalue weighted by molar-refractivity contribution is 6.32. The summed E-state index contributed by atoms with van der Waals surface area (Å²) in [4.78, 5) is 16.1. The van der Waals surface area contributed by atoms with E-state index in [-0.39, 0.29) is 22.7 Å². The van der Waals surface area contributed by atoms with E-state index in [2.05, 4.69) is 15.1 Å². The molecule has 182 valence electrons. The van der Waals surface area contributed by atoms with Gasteiger partial charge in [0.25, 0.3) is 0 Å². The molecule has 14 heteroatoms. The van der Waals surface area contributed by atoms with E-state index < -0.39 is 23.9 Å². The minimum Gasteiger partial charge on any atom is -0.475 e. The largest absolute Gasteiger partial charge is 0.490 e. The molecule has 0 saturated carbocycles. The first kappa shape index (κ1) is 25.6. The molecule has 1 aromatic carbocycles. The summed E-state index contributed by atoms with van der Waals surface area (Å²) in [6.07, 6.45) is -3.20. The first-order chi connectivity index (χ1) is 16.3. The number of fused-ring (bicyclic) bond motifs is 1. The molecular formula is C21H12ClF6N5O2. The normalized spacial score (nSPS) is 11.6. The van der Waals surface area contributed by atoms with E-state index in [4.69, 9.17) is 26.8 Å². The number of carboxylic acid groups (broad SMARTS) is 1. The van der Waals surface area contributed by atoms with Crippen LogP contribution in [0.1, 0.15) is 11.1 Å². The van der Waals surface area contributed by atoms with Crippen molar-refractivity contribution in [3.8, 4) is 22.9 Å². The lowest BCUT2D eigenvalue weighted by Gasteiger charge is -2.14. The second-order valence-corrected chi connectivity index (χ2v) is 7.28. The Morgan fingerprint density at radius 3 is 2.49 bits per heavy atom. The number of nitriles is 1. The van der Waals surface area contributed by atoms with Gasteiger partial charge in [0.05, 0.1) is 35.0 Å².